The number of hydrogen-bond acceptors (Lipinski definition) is 2. The van der Waals surface area contributed by atoms with Gasteiger partial charge in [0.15, 0.2) is 0 Å². The first-order chi connectivity index (χ1) is 8.88. The number of nitrogens with zero attached hydrogens (tertiary/aromatic N) is 1. The molecule has 0 saturated heterocycles. The molecule has 2 N–H and O–H groups in total. The van der Waals surface area contributed by atoms with Crippen molar-refractivity contribution in [2.75, 3.05) is 19.6 Å². The van der Waals surface area contributed by atoms with Crippen LogP contribution in [-0.2, 0) is 6.54 Å². The number of nitrogens with two attached hydrogens (primary N) is 1. The van der Waals surface area contributed by atoms with Crippen LogP contribution in [0, 0.1) is 5.41 Å². The molecule has 0 radical (unpaired) electrons. The van der Waals surface area contributed by atoms with Gasteiger partial charge < -0.3 is 5.73 Å². The molecule has 0 aliphatic carbocycles. The summed E-state index contributed by atoms with van der Waals surface area (Å²) in [6.45, 7) is 10.5. The number of rotatable bonds is 7. The number of benzene rings is 1. The van der Waals surface area contributed by atoms with E-state index >= 15 is 0 Å². The average Bonchev–Trinajstić information content (AvgIpc) is 2.34. The molecule has 4 heteroatoms. The summed E-state index contributed by atoms with van der Waals surface area (Å²) < 4.78 is 2.21. The van der Waals surface area contributed by atoms with Crippen LogP contribution < -0.4 is 5.73 Å². The van der Waals surface area contributed by atoms with Crippen LogP contribution in [0.25, 0.3) is 0 Å². The van der Waals surface area contributed by atoms with Gasteiger partial charge in [-0.1, -0.05) is 26.8 Å². The third-order valence-corrected chi connectivity index (χ3v) is 5.01. The van der Waals surface area contributed by atoms with E-state index in [4.69, 9.17) is 5.73 Å². The molecule has 2 nitrogen and oxygen atoms in total. The Morgan fingerprint density at radius 2 is 1.89 bits per heavy atom. The highest BCUT2D eigenvalue weighted by Gasteiger charge is 2.20. The molecule has 1 aromatic carbocycles. The Kier molecular flexibility index (Phi) is 7.01. The third kappa shape index (κ3) is 5.94. The van der Waals surface area contributed by atoms with E-state index in [1.807, 2.05) is 0 Å². The summed E-state index contributed by atoms with van der Waals surface area (Å²) in [5.41, 5.74) is 7.35. The summed E-state index contributed by atoms with van der Waals surface area (Å²) >= 11 is 7.07. The molecule has 19 heavy (non-hydrogen) atoms. The van der Waals surface area contributed by atoms with Crippen LogP contribution in [0.4, 0.5) is 0 Å². The minimum Gasteiger partial charge on any atom is -0.330 e. The predicted octanol–water partition coefficient (Wildman–Crippen LogP) is 4.41. The summed E-state index contributed by atoms with van der Waals surface area (Å²) in [5, 5.41) is 0. The molecule has 0 spiro atoms. The van der Waals surface area contributed by atoms with E-state index in [1.54, 1.807) is 0 Å². The summed E-state index contributed by atoms with van der Waals surface area (Å²) in [4.78, 5) is 2.49. The molecule has 0 aromatic heterocycles. The zero-order chi connectivity index (χ0) is 14.5. The number of hydrogen-bond donors (Lipinski definition) is 1. The molecule has 0 bridgehead atoms. The third-order valence-electron chi connectivity index (χ3n) is 3.13. The molecule has 0 aliphatic rings. The van der Waals surface area contributed by atoms with Gasteiger partial charge in [0.2, 0.25) is 0 Å². The van der Waals surface area contributed by atoms with Gasteiger partial charge in [0.1, 0.15) is 0 Å². The van der Waals surface area contributed by atoms with Gasteiger partial charge in [-0.2, -0.15) is 0 Å². The molecule has 0 atom stereocenters. The van der Waals surface area contributed by atoms with Crippen molar-refractivity contribution in [2.45, 2.75) is 33.7 Å². The lowest BCUT2D eigenvalue weighted by atomic mass is 9.93. The van der Waals surface area contributed by atoms with E-state index in [0.29, 0.717) is 0 Å². The summed E-state index contributed by atoms with van der Waals surface area (Å²) in [6.07, 6.45) is 1.17. The van der Waals surface area contributed by atoms with Gasteiger partial charge in [0.25, 0.3) is 0 Å². The maximum absolute atomic E-state index is 5.85. The van der Waals surface area contributed by atoms with E-state index in [1.165, 1.54) is 12.0 Å². The quantitative estimate of drug-likeness (QED) is 0.745. The first kappa shape index (κ1) is 17.2. The summed E-state index contributed by atoms with van der Waals surface area (Å²) in [5.74, 6) is 0. The zero-order valence-corrected chi connectivity index (χ0v) is 15.2. The van der Waals surface area contributed by atoms with Crippen molar-refractivity contribution in [1.82, 2.24) is 4.90 Å². The van der Waals surface area contributed by atoms with Crippen molar-refractivity contribution in [1.29, 1.82) is 0 Å². The fourth-order valence-corrected chi connectivity index (χ4v) is 2.77. The van der Waals surface area contributed by atoms with E-state index in [2.05, 4.69) is 75.7 Å². The van der Waals surface area contributed by atoms with Crippen LogP contribution in [0.5, 0.6) is 0 Å². The normalized spacial score (nSPS) is 12.2. The van der Waals surface area contributed by atoms with Gasteiger partial charge in [-0.05, 0) is 74.5 Å². The predicted molar refractivity (Wildman–Crippen MR) is 90.2 cm³/mol. The van der Waals surface area contributed by atoms with Crippen molar-refractivity contribution in [3.8, 4) is 0 Å². The van der Waals surface area contributed by atoms with Crippen molar-refractivity contribution in [3.63, 3.8) is 0 Å². The Morgan fingerprint density at radius 1 is 1.21 bits per heavy atom. The molecule has 0 heterocycles. The minimum atomic E-state index is 0.168. The zero-order valence-electron chi connectivity index (χ0n) is 12.0. The molecule has 108 valence electrons. The standard InChI is InChI=1S/C15H24Br2N2/c1-4-7-19(11-15(2,3)10-18)9-12-5-6-13(16)14(17)8-12/h5-6,8H,4,7,9-11,18H2,1-3H3. The lowest BCUT2D eigenvalue weighted by Gasteiger charge is -2.31. The maximum atomic E-state index is 5.85. The topological polar surface area (TPSA) is 29.3 Å². The van der Waals surface area contributed by atoms with Gasteiger partial charge in [0, 0.05) is 22.0 Å². The van der Waals surface area contributed by atoms with E-state index < -0.39 is 0 Å². The van der Waals surface area contributed by atoms with Gasteiger partial charge in [-0.3, -0.25) is 4.90 Å². The second-order valence-electron chi connectivity index (χ2n) is 5.83. The molecule has 1 rings (SSSR count). The van der Waals surface area contributed by atoms with Crippen LogP contribution in [0.15, 0.2) is 27.1 Å². The summed E-state index contributed by atoms with van der Waals surface area (Å²) in [6, 6.07) is 6.45. The Balaban J connectivity index is 2.74. The lowest BCUT2D eigenvalue weighted by molar-refractivity contribution is 0.176. The van der Waals surface area contributed by atoms with Crippen LogP contribution >= 0.6 is 31.9 Å². The van der Waals surface area contributed by atoms with Crippen LogP contribution in [0.3, 0.4) is 0 Å². The molecule has 0 fully saturated rings. The second kappa shape index (κ2) is 7.77. The van der Waals surface area contributed by atoms with E-state index in [-0.39, 0.29) is 5.41 Å². The molecule has 0 saturated carbocycles. The van der Waals surface area contributed by atoms with Crippen LogP contribution in [0.2, 0.25) is 0 Å². The van der Waals surface area contributed by atoms with E-state index in [0.717, 1.165) is 35.1 Å². The van der Waals surface area contributed by atoms with Crippen LogP contribution in [0.1, 0.15) is 32.8 Å². The fraction of sp³-hybridized carbons (Fsp3) is 0.600. The molecule has 1 aromatic rings. The second-order valence-corrected chi connectivity index (χ2v) is 7.54. The van der Waals surface area contributed by atoms with E-state index in [9.17, 15) is 0 Å². The van der Waals surface area contributed by atoms with Crippen molar-refractivity contribution >= 4 is 31.9 Å². The Labute approximate surface area is 134 Å². The average molecular weight is 392 g/mol. The highest BCUT2D eigenvalue weighted by atomic mass is 79.9. The first-order valence-electron chi connectivity index (χ1n) is 6.74. The Morgan fingerprint density at radius 3 is 2.42 bits per heavy atom. The SMILES string of the molecule is CCCN(Cc1ccc(Br)c(Br)c1)CC(C)(C)CN. The smallest absolute Gasteiger partial charge is 0.0320 e. The van der Waals surface area contributed by atoms with Gasteiger partial charge in [0.05, 0.1) is 0 Å². The highest BCUT2D eigenvalue weighted by molar-refractivity contribution is 9.13. The molecule has 0 aliphatic heterocycles. The molecule has 0 amide bonds. The molecular formula is C15H24Br2N2. The number of halogens is 2. The Bertz CT molecular complexity index is 405. The highest BCUT2D eigenvalue weighted by Crippen LogP contribution is 2.25. The van der Waals surface area contributed by atoms with Crippen LogP contribution in [-0.4, -0.2) is 24.5 Å². The Hall–Kier alpha value is 0.1000. The van der Waals surface area contributed by atoms with Crippen molar-refractivity contribution in [3.05, 3.63) is 32.7 Å². The first-order valence-corrected chi connectivity index (χ1v) is 8.33. The molecular weight excluding hydrogens is 368 g/mol. The van der Waals surface area contributed by atoms with Crippen molar-refractivity contribution in [2.24, 2.45) is 11.1 Å². The van der Waals surface area contributed by atoms with Gasteiger partial charge >= 0.3 is 0 Å². The minimum absolute atomic E-state index is 0.168. The molecule has 0 unspecified atom stereocenters. The fourth-order valence-electron chi connectivity index (χ4n) is 2.10. The largest absolute Gasteiger partial charge is 0.330 e. The van der Waals surface area contributed by atoms with Crippen molar-refractivity contribution < 1.29 is 0 Å². The summed E-state index contributed by atoms with van der Waals surface area (Å²) in [7, 11) is 0. The lowest BCUT2D eigenvalue weighted by Crippen LogP contribution is -2.38. The maximum Gasteiger partial charge on any atom is 0.0320 e. The van der Waals surface area contributed by atoms with Gasteiger partial charge in [-0.15, -0.1) is 0 Å². The van der Waals surface area contributed by atoms with Gasteiger partial charge in [-0.25, -0.2) is 0 Å². The monoisotopic (exact) mass is 390 g/mol.